The van der Waals surface area contributed by atoms with Crippen LogP contribution in [0.4, 0.5) is 0 Å². The summed E-state index contributed by atoms with van der Waals surface area (Å²) < 4.78 is 0. The molecule has 0 bridgehead atoms. The summed E-state index contributed by atoms with van der Waals surface area (Å²) in [5.41, 5.74) is 0.767. The third-order valence-corrected chi connectivity index (χ3v) is 2.95. The monoisotopic (exact) mass is 238 g/mol. The minimum absolute atomic E-state index is 0.0568. The van der Waals surface area contributed by atoms with Gasteiger partial charge in [0.1, 0.15) is 0 Å². The van der Waals surface area contributed by atoms with Crippen LogP contribution < -0.4 is 0 Å². The molecule has 0 saturated carbocycles. The average Bonchev–Trinajstić information content (AvgIpc) is 2.27. The molecular weight excluding hydrogens is 224 g/mol. The van der Waals surface area contributed by atoms with Crippen molar-refractivity contribution in [2.24, 2.45) is 5.92 Å². The Morgan fingerprint density at radius 2 is 2.06 bits per heavy atom. The summed E-state index contributed by atoms with van der Waals surface area (Å²) in [6.45, 7) is 5.65. The van der Waals surface area contributed by atoms with Gasteiger partial charge < -0.3 is 5.11 Å². The van der Waals surface area contributed by atoms with Gasteiger partial charge in [0.2, 0.25) is 0 Å². The molecular formula is C13H15ClO2. The smallest absolute Gasteiger partial charge is 0.311 e. The average molecular weight is 239 g/mol. The van der Waals surface area contributed by atoms with E-state index in [1.807, 2.05) is 6.92 Å². The third kappa shape index (κ3) is 2.86. The highest BCUT2D eigenvalue weighted by molar-refractivity contribution is 6.30. The molecule has 1 N–H and O–H groups in total. The van der Waals surface area contributed by atoms with Crippen LogP contribution in [-0.4, -0.2) is 11.1 Å². The van der Waals surface area contributed by atoms with Gasteiger partial charge in [0.15, 0.2) is 0 Å². The zero-order chi connectivity index (χ0) is 12.1. The normalized spacial score (nSPS) is 14.1. The van der Waals surface area contributed by atoms with Gasteiger partial charge >= 0.3 is 5.97 Å². The highest BCUT2D eigenvalue weighted by Gasteiger charge is 2.26. The Balaban J connectivity index is 3.06. The van der Waals surface area contributed by atoms with Gasteiger partial charge in [-0.05, 0) is 30.0 Å². The molecule has 16 heavy (non-hydrogen) atoms. The van der Waals surface area contributed by atoms with Gasteiger partial charge in [-0.3, -0.25) is 4.79 Å². The molecule has 0 radical (unpaired) electrons. The first-order valence-electron chi connectivity index (χ1n) is 5.21. The Hall–Kier alpha value is -1.28. The largest absolute Gasteiger partial charge is 0.481 e. The molecule has 0 fully saturated rings. The molecule has 0 saturated heterocycles. The lowest BCUT2D eigenvalue weighted by Gasteiger charge is -2.19. The Morgan fingerprint density at radius 1 is 1.50 bits per heavy atom. The molecule has 2 atom stereocenters. The van der Waals surface area contributed by atoms with Crippen LogP contribution in [-0.2, 0) is 4.79 Å². The van der Waals surface area contributed by atoms with Gasteiger partial charge in [0.05, 0.1) is 5.92 Å². The second kappa shape index (κ2) is 5.71. The number of halogens is 1. The number of carboxylic acids is 1. The molecule has 1 aromatic carbocycles. The molecule has 0 heterocycles. The summed E-state index contributed by atoms with van der Waals surface area (Å²) in [6, 6.07) is 6.94. The van der Waals surface area contributed by atoms with E-state index < -0.39 is 11.9 Å². The highest BCUT2D eigenvalue weighted by atomic mass is 35.5. The minimum Gasteiger partial charge on any atom is -0.481 e. The van der Waals surface area contributed by atoms with Crippen molar-refractivity contribution >= 4 is 17.6 Å². The number of carbonyl (C=O) groups is 1. The van der Waals surface area contributed by atoms with E-state index in [-0.39, 0.29) is 5.92 Å². The molecule has 3 heteroatoms. The fraction of sp³-hybridized carbons (Fsp3) is 0.308. The predicted octanol–water partition coefficient (Wildman–Crippen LogP) is 3.72. The van der Waals surface area contributed by atoms with Crippen molar-refractivity contribution in [2.75, 3.05) is 0 Å². The molecule has 86 valence electrons. The fourth-order valence-corrected chi connectivity index (χ4v) is 1.91. The molecule has 2 unspecified atom stereocenters. The van der Waals surface area contributed by atoms with Gasteiger partial charge in [-0.2, -0.15) is 0 Å². The summed E-state index contributed by atoms with van der Waals surface area (Å²) in [7, 11) is 0. The zero-order valence-electron chi connectivity index (χ0n) is 9.19. The Bertz CT molecular complexity index is 370. The number of aliphatic carboxylic acids is 1. The highest BCUT2D eigenvalue weighted by Crippen LogP contribution is 2.29. The van der Waals surface area contributed by atoms with Crippen molar-refractivity contribution in [2.45, 2.75) is 19.3 Å². The van der Waals surface area contributed by atoms with E-state index in [1.54, 1.807) is 30.3 Å². The van der Waals surface area contributed by atoms with Crippen LogP contribution in [0.2, 0.25) is 5.02 Å². The Labute approximate surface area is 101 Å². The van der Waals surface area contributed by atoms with Crippen molar-refractivity contribution in [3.05, 3.63) is 47.5 Å². The number of allylic oxidation sites excluding steroid dienone is 1. The third-order valence-electron chi connectivity index (χ3n) is 2.70. The molecule has 0 aliphatic rings. The van der Waals surface area contributed by atoms with E-state index >= 15 is 0 Å². The summed E-state index contributed by atoms with van der Waals surface area (Å²) in [5, 5.41) is 9.86. The van der Waals surface area contributed by atoms with Crippen LogP contribution in [0.3, 0.4) is 0 Å². The van der Waals surface area contributed by atoms with Gasteiger partial charge in [0.25, 0.3) is 0 Å². The van der Waals surface area contributed by atoms with E-state index in [1.165, 1.54) is 0 Å². The molecule has 1 aromatic rings. The fourth-order valence-electron chi connectivity index (χ4n) is 1.78. The lowest BCUT2D eigenvalue weighted by atomic mass is 9.84. The Kier molecular flexibility index (Phi) is 4.56. The van der Waals surface area contributed by atoms with Crippen LogP contribution >= 0.6 is 11.6 Å². The summed E-state index contributed by atoms with van der Waals surface area (Å²) in [5.74, 6) is -1.42. The van der Waals surface area contributed by atoms with Crippen molar-refractivity contribution in [3.63, 3.8) is 0 Å². The Morgan fingerprint density at radius 3 is 2.44 bits per heavy atom. The van der Waals surface area contributed by atoms with Crippen LogP contribution in [0.1, 0.15) is 24.8 Å². The topological polar surface area (TPSA) is 37.3 Å². The lowest BCUT2D eigenvalue weighted by Crippen LogP contribution is -2.19. The molecule has 2 nitrogen and oxygen atoms in total. The van der Waals surface area contributed by atoms with Crippen molar-refractivity contribution in [3.8, 4) is 0 Å². The van der Waals surface area contributed by atoms with Gasteiger partial charge in [-0.15, -0.1) is 6.58 Å². The molecule has 1 rings (SSSR count). The quantitative estimate of drug-likeness (QED) is 0.794. The predicted molar refractivity (Wildman–Crippen MR) is 65.8 cm³/mol. The van der Waals surface area contributed by atoms with E-state index in [0.29, 0.717) is 5.02 Å². The first kappa shape index (κ1) is 12.8. The summed E-state index contributed by atoms with van der Waals surface area (Å²) in [4.78, 5) is 11.3. The lowest BCUT2D eigenvalue weighted by molar-refractivity contribution is -0.139. The maximum atomic E-state index is 11.3. The van der Waals surface area contributed by atoms with Gasteiger partial charge in [-0.1, -0.05) is 36.7 Å². The van der Waals surface area contributed by atoms with Crippen LogP contribution in [0.5, 0.6) is 0 Å². The molecule has 0 aromatic heterocycles. The van der Waals surface area contributed by atoms with Crippen LogP contribution in [0, 0.1) is 5.92 Å². The second-order valence-corrected chi connectivity index (χ2v) is 4.11. The van der Waals surface area contributed by atoms with E-state index in [2.05, 4.69) is 6.58 Å². The number of rotatable bonds is 5. The summed E-state index contributed by atoms with van der Waals surface area (Å²) >= 11 is 5.78. The van der Waals surface area contributed by atoms with Crippen LogP contribution in [0.15, 0.2) is 36.9 Å². The number of hydrogen-bond acceptors (Lipinski definition) is 1. The van der Waals surface area contributed by atoms with Gasteiger partial charge in [-0.25, -0.2) is 0 Å². The molecule has 0 aliphatic carbocycles. The number of benzene rings is 1. The van der Waals surface area contributed by atoms with Gasteiger partial charge in [0, 0.05) is 5.02 Å². The first-order valence-corrected chi connectivity index (χ1v) is 5.58. The standard InChI is InChI=1S/C13H15ClO2/c1-3-9(4-2)12(13(15)16)10-5-7-11(14)8-6-10/h3,5-9,12H,1,4H2,2H3,(H,15,16). The van der Waals surface area contributed by atoms with E-state index in [4.69, 9.17) is 11.6 Å². The molecule has 0 spiro atoms. The summed E-state index contributed by atoms with van der Waals surface area (Å²) in [6.07, 6.45) is 2.45. The SMILES string of the molecule is C=CC(CC)C(C(=O)O)c1ccc(Cl)cc1. The minimum atomic E-state index is -0.825. The molecule has 0 amide bonds. The van der Waals surface area contributed by atoms with E-state index in [0.717, 1.165) is 12.0 Å². The molecule has 0 aliphatic heterocycles. The first-order chi connectivity index (χ1) is 7.60. The second-order valence-electron chi connectivity index (χ2n) is 3.68. The van der Waals surface area contributed by atoms with Crippen molar-refractivity contribution < 1.29 is 9.90 Å². The van der Waals surface area contributed by atoms with E-state index in [9.17, 15) is 9.90 Å². The van der Waals surface area contributed by atoms with Crippen LogP contribution in [0.25, 0.3) is 0 Å². The number of carboxylic acid groups (broad SMARTS) is 1. The zero-order valence-corrected chi connectivity index (χ0v) is 9.95. The maximum absolute atomic E-state index is 11.3. The maximum Gasteiger partial charge on any atom is 0.311 e. The van der Waals surface area contributed by atoms with Crippen molar-refractivity contribution in [1.82, 2.24) is 0 Å². The van der Waals surface area contributed by atoms with Crippen molar-refractivity contribution in [1.29, 1.82) is 0 Å². The number of hydrogen-bond donors (Lipinski definition) is 1.